The summed E-state index contributed by atoms with van der Waals surface area (Å²) in [6.07, 6.45) is 5.78. The van der Waals surface area contributed by atoms with Crippen LogP contribution in [0.15, 0.2) is 29.4 Å². The van der Waals surface area contributed by atoms with Crippen molar-refractivity contribution in [3.05, 3.63) is 46.8 Å². The van der Waals surface area contributed by atoms with E-state index < -0.39 is 0 Å². The minimum Gasteiger partial charge on any atom is -0.475 e. The third-order valence-corrected chi connectivity index (χ3v) is 4.84. The first-order chi connectivity index (χ1) is 13.0. The molecule has 27 heavy (non-hydrogen) atoms. The van der Waals surface area contributed by atoms with Gasteiger partial charge in [-0.05, 0) is 44.6 Å². The van der Waals surface area contributed by atoms with E-state index in [0.29, 0.717) is 34.5 Å². The Balaban J connectivity index is 1.74. The van der Waals surface area contributed by atoms with Gasteiger partial charge in [0, 0.05) is 30.4 Å². The van der Waals surface area contributed by atoms with Crippen LogP contribution in [0, 0.1) is 11.3 Å². The number of pyridine rings is 2. The number of rotatable bonds is 7. The second-order valence-corrected chi connectivity index (χ2v) is 7.51. The number of hydrogen-bond donors (Lipinski definition) is 1. The molecule has 0 spiro atoms. The number of amides is 1. The van der Waals surface area contributed by atoms with Gasteiger partial charge >= 0.3 is 0 Å². The van der Waals surface area contributed by atoms with Crippen LogP contribution in [0.4, 0.5) is 0 Å². The van der Waals surface area contributed by atoms with Gasteiger partial charge in [-0.25, -0.2) is 9.97 Å². The molecule has 2 aromatic heterocycles. The number of nitrogens with zero attached hydrogens (tertiary/aromatic N) is 3. The van der Waals surface area contributed by atoms with E-state index in [1.54, 1.807) is 18.3 Å². The van der Waals surface area contributed by atoms with Crippen LogP contribution in [0.25, 0.3) is 0 Å². The second kappa shape index (κ2) is 8.40. The molecule has 0 aliphatic heterocycles. The molecule has 1 saturated carbocycles. The van der Waals surface area contributed by atoms with Crippen molar-refractivity contribution in [3.8, 4) is 11.9 Å². The molecular formula is C20H22N4O2S. The lowest BCUT2D eigenvalue weighted by Gasteiger charge is -2.12. The fourth-order valence-electron chi connectivity index (χ4n) is 2.67. The highest BCUT2D eigenvalue weighted by Crippen LogP contribution is 2.40. The maximum absolute atomic E-state index is 12.7. The minimum atomic E-state index is -0.270. The molecule has 6 nitrogen and oxygen atoms in total. The van der Waals surface area contributed by atoms with Crippen molar-refractivity contribution in [1.29, 1.82) is 5.26 Å². The third-order valence-electron chi connectivity index (χ3n) is 4.16. The van der Waals surface area contributed by atoms with Crippen LogP contribution in [0.3, 0.4) is 0 Å². The Morgan fingerprint density at radius 2 is 2.22 bits per heavy atom. The lowest BCUT2D eigenvalue weighted by Crippen LogP contribution is -2.24. The predicted octanol–water partition coefficient (Wildman–Crippen LogP) is 3.66. The standard InChI is InChI=1S/C20H22N4O2S/c1-12(2)26-18-7-4-13(10-22-18)11-23-19(25)15-8-17(14-5-6-14)24-20(27-3)16(15)9-21/h4,7-8,10,12,14H,5-6,11H2,1-3H3,(H,23,25). The summed E-state index contributed by atoms with van der Waals surface area (Å²) in [6, 6.07) is 7.55. The molecule has 0 radical (unpaired) electrons. The van der Waals surface area contributed by atoms with E-state index in [1.165, 1.54) is 11.8 Å². The van der Waals surface area contributed by atoms with Crippen LogP contribution in [-0.4, -0.2) is 28.2 Å². The molecule has 1 amide bonds. The number of hydrogen-bond acceptors (Lipinski definition) is 6. The van der Waals surface area contributed by atoms with E-state index in [-0.39, 0.29) is 12.0 Å². The Kier molecular flexibility index (Phi) is 5.97. The van der Waals surface area contributed by atoms with Crippen molar-refractivity contribution in [1.82, 2.24) is 15.3 Å². The number of thioether (sulfide) groups is 1. The van der Waals surface area contributed by atoms with Crippen LogP contribution >= 0.6 is 11.8 Å². The van der Waals surface area contributed by atoms with Gasteiger partial charge in [0.15, 0.2) is 0 Å². The maximum Gasteiger partial charge on any atom is 0.253 e. The largest absolute Gasteiger partial charge is 0.475 e. The molecule has 0 unspecified atom stereocenters. The van der Waals surface area contributed by atoms with Crippen molar-refractivity contribution < 1.29 is 9.53 Å². The molecule has 0 atom stereocenters. The summed E-state index contributed by atoms with van der Waals surface area (Å²) >= 11 is 1.39. The van der Waals surface area contributed by atoms with Crippen LogP contribution in [-0.2, 0) is 6.54 Å². The normalized spacial score (nSPS) is 13.3. The predicted molar refractivity (Wildman–Crippen MR) is 104 cm³/mol. The van der Waals surface area contributed by atoms with Gasteiger partial charge in [-0.3, -0.25) is 4.79 Å². The number of ether oxygens (including phenoxy) is 1. The molecule has 0 saturated heterocycles. The van der Waals surface area contributed by atoms with Gasteiger partial charge in [0.2, 0.25) is 5.88 Å². The molecule has 1 aliphatic carbocycles. The number of nitriles is 1. The van der Waals surface area contributed by atoms with Crippen molar-refractivity contribution in [2.45, 2.75) is 50.3 Å². The molecule has 140 valence electrons. The van der Waals surface area contributed by atoms with Gasteiger partial charge in [0.1, 0.15) is 11.1 Å². The quantitative estimate of drug-likeness (QED) is 0.735. The summed E-state index contributed by atoms with van der Waals surface area (Å²) in [5.74, 6) is 0.696. The molecule has 1 N–H and O–H groups in total. The molecule has 2 heterocycles. The first kappa shape index (κ1) is 19.2. The highest BCUT2D eigenvalue weighted by atomic mass is 32.2. The molecular weight excluding hydrogens is 360 g/mol. The zero-order valence-electron chi connectivity index (χ0n) is 15.7. The fraction of sp³-hybridized carbons (Fsp3) is 0.400. The van der Waals surface area contributed by atoms with Crippen molar-refractivity contribution >= 4 is 17.7 Å². The highest BCUT2D eigenvalue weighted by molar-refractivity contribution is 7.98. The Morgan fingerprint density at radius 1 is 1.44 bits per heavy atom. The van der Waals surface area contributed by atoms with E-state index in [1.807, 2.05) is 26.2 Å². The van der Waals surface area contributed by atoms with Crippen LogP contribution in [0.5, 0.6) is 5.88 Å². The summed E-state index contributed by atoms with van der Waals surface area (Å²) in [4.78, 5) is 21.5. The van der Waals surface area contributed by atoms with Crippen LogP contribution in [0.2, 0.25) is 0 Å². The Labute approximate surface area is 163 Å². The molecule has 0 aromatic carbocycles. The lowest BCUT2D eigenvalue weighted by molar-refractivity contribution is 0.0950. The molecule has 3 rings (SSSR count). The Morgan fingerprint density at radius 3 is 2.78 bits per heavy atom. The average molecular weight is 382 g/mol. The summed E-state index contributed by atoms with van der Waals surface area (Å²) in [5, 5.41) is 13.0. The third kappa shape index (κ3) is 4.77. The van der Waals surface area contributed by atoms with Gasteiger partial charge < -0.3 is 10.1 Å². The Bertz CT molecular complexity index is 871. The SMILES string of the molecule is CSc1nc(C2CC2)cc(C(=O)NCc2ccc(OC(C)C)nc2)c1C#N. The maximum atomic E-state index is 12.7. The smallest absolute Gasteiger partial charge is 0.253 e. The van der Waals surface area contributed by atoms with Crippen LogP contribution in [0.1, 0.15) is 59.8 Å². The summed E-state index contributed by atoms with van der Waals surface area (Å²) in [7, 11) is 0. The Hall–Kier alpha value is -2.59. The van der Waals surface area contributed by atoms with Gasteiger partial charge in [0.05, 0.1) is 17.2 Å². The number of carbonyl (C=O) groups excluding carboxylic acids is 1. The topological polar surface area (TPSA) is 87.9 Å². The van der Waals surface area contributed by atoms with E-state index in [4.69, 9.17) is 4.74 Å². The lowest BCUT2D eigenvalue weighted by atomic mass is 10.1. The van der Waals surface area contributed by atoms with Crippen molar-refractivity contribution in [2.75, 3.05) is 6.26 Å². The summed E-state index contributed by atoms with van der Waals surface area (Å²) < 4.78 is 5.52. The average Bonchev–Trinajstić information content (AvgIpc) is 3.50. The summed E-state index contributed by atoms with van der Waals surface area (Å²) in [5.41, 5.74) is 2.49. The molecule has 0 bridgehead atoms. The number of aromatic nitrogens is 2. The molecule has 1 aliphatic rings. The zero-order chi connectivity index (χ0) is 19.4. The minimum absolute atomic E-state index is 0.0606. The fourth-order valence-corrected chi connectivity index (χ4v) is 3.22. The van der Waals surface area contributed by atoms with Gasteiger partial charge in [-0.15, -0.1) is 11.8 Å². The second-order valence-electron chi connectivity index (χ2n) is 6.72. The first-order valence-electron chi connectivity index (χ1n) is 8.90. The molecule has 2 aromatic rings. The van der Waals surface area contributed by atoms with Gasteiger partial charge in [-0.1, -0.05) is 6.07 Å². The molecule has 1 fully saturated rings. The van der Waals surface area contributed by atoms with E-state index in [9.17, 15) is 10.1 Å². The monoisotopic (exact) mass is 382 g/mol. The van der Waals surface area contributed by atoms with E-state index >= 15 is 0 Å². The van der Waals surface area contributed by atoms with Crippen LogP contribution < -0.4 is 10.1 Å². The van der Waals surface area contributed by atoms with E-state index in [2.05, 4.69) is 21.4 Å². The highest BCUT2D eigenvalue weighted by Gasteiger charge is 2.28. The first-order valence-corrected chi connectivity index (χ1v) is 10.1. The van der Waals surface area contributed by atoms with Gasteiger partial charge in [-0.2, -0.15) is 5.26 Å². The summed E-state index contributed by atoms with van der Waals surface area (Å²) in [6.45, 7) is 4.21. The number of carbonyl (C=O) groups is 1. The van der Waals surface area contributed by atoms with Crippen molar-refractivity contribution in [2.24, 2.45) is 0 Å². The van der Waals surface area contributed by atoms with E-state index in [0.717, 1.165) is 24.1 Å². The number of nitrogens with one attached hydrogen (secondary N) is 1. The van der Waals surface area contributed by atoms with Gasteiger partial charge in [0.25, 0.3) is 5.91 Å². The molecule has 7 heteroatoms. The zero-order valence-corrected chi connectivity index (χ0v) is 16.5. The van der Waals surface area contributed by atoms with Crippen molar-refractivity contribution in [3.63, 3.8) is 0 Å².